The Morgan fingerprint density at radius 2 is 2.50 bits per heavy atom. The number of hydrogen-bond acceptors (Lipinski definition) is 2. The second-order valence-electron chi connectivity index (χ2n) is 2.13. The molecule has 1 aliphatic heterocycles. The van der Waals surface area contributed by atoms with Gasteiger partial charge < -0.3 is 10.5 Å². The van der Waals surface area contributed by atoms with Crippen molar-refractivity contribution in [2.45, 2.75) is 13.0 Å². The number of nitrogens with two attached hydrogens (primary N) is 1. The summed E-state index contributed by atoms with van der Waals surface area (Å²) < 4.78 is 4.83. The highest BCUT2D eigenvalue weighted by Crippen LogP contribution is 2.17. The first kappa shape index (κ1) is 5.56. The zero-order valence-electron chi connectivity index (χ0n) is 4.76. The van der Waals surface area contributed by atoms with Gasteiger partial charge in [-0.15, -0.1) is 0 Å². The fourth-order valence-electron chi connectivity index (χ4n) is 0.747. The van der Waals surface area contributed by atoms with Crippen LogP contribution in [-0.2, 0) is 9.53 Å². The van der Waals surface area contributed by atoms with E-state index in [2.05, 4.69) is 0 Å². The van der Waals surface area contributed by atoms with E-state index in [9.17, 15) is 4.79 Å². The Labute approximate surface area is 47.8 Å². The molecule has 1 amide bonds. The van der Waals surface area contributed by atoms with Crippen LogP contribution in [-0.4, -0.2) is 18.6 Å². The maximum Gasteiger partial charge on any atom is 0.246 e. The van der Waals surface area contributed by atoms with Crippen LogP contribution in [0.2, 0.25) is 0 Å². The number of rotatable bonds is 1. The molecule has 1 aliphatic rings. The lowest BCUT2D eigenvalue weighted by atomic mass is 10.0. The first-order chi connectivity index (χ1) is 3.72. The average Bonchev–Trinajstić information content (AvgIpc) is 1.61. The summed E-state index contributed by atoms with van der Waals surface area (Å²) in [5.74, 6) is -0.0174. The van der Waals surface area contributed by atoms with Crippen molar-refractivity contribution in [3.63, 3.8) is 0 Å². The summed E-state index contributed by atoms with van der Waals surface area (Å²) >= 11 is 0. The van der Waals surface area contributed by atoms with Crippen LogP contribution in [0.5, 0.6) is 0 Å². The molecule has 2 unspecified atom stereocenters. The SMILES string of the molecule is CC1COC1C(N)=O. The number of ether oxygens (including phenoxy) is 1. The van der Waals surface area contributed by atoms with E-state index in [1.165, 1.54) is 0 Å². The van der Waals surface area contributed by atoms with Gasteiger partial charge in [0.1, 0.15) is 6.10 Å². The number of carbonyl (C=O) groups is 1. The average molecular weight is 115 g/mol. The number of primary amides is 1. The molecule has 0 spiro atoms. The molecule has 0 radical (unpaired) electrons. The van der Waals surface area contributed by atoms with E-state index in [1.54, 1.807) is 0 Å². The van der Waals surface area contributed by atoms with Crippen molar-refractivity contribution in [1.29, 1.82) is 0 Å². The van der Waals surface area contributed by atoms with E-state index in [0.717, 1.165) is 0 Å². The fraction of sp³-hybridized carbons (Fsp3) is 0.800. The molecule has 0 aromatic heterocycles. The van der Waals surface area contributed by atoms with E-state index in [-0.39, 0.29) is 12.0 Å². The lowest BCUT2D eigenvalue weighted by Crippen LogP contribution is -2.47. The van der Waals surface area contributed by atoms with Crippen molar-refractivity contribution in [3.05, 3.63) is 0 Å². The molecule has 3 heteroatoms. The van der Waals surface area contributed by atoms with Crippen molar-refractivity contribution in [1.82, 2.24) is 0 Å². The van der Waals surface area contributed by atoms with E-state index in [4.69, 9.17) is 10.5 Å². The summed E-state index contributed by atoms with van der Waals surface area (Å²) in [7, 11) is 0. The fourth-order valence-corrected chi connectivity index (χ4v) is 0.747. The Morgan fingerprint density at radius 1 is 1.88 bits per heavy atom. The predicted octanol–water partition coefficient (Wildman–Crippen LogP) is -0.493. The van der Waals surface area contributed by atoms with Crippen LogP contribution in [0, 0.1) is 5.92 Å². The zero-order chi connectivity index (χ0) is 6.15. The Morgan fingerprint density at radius 3 is 2.50 bits per heavy atom. The van der Waals surface area contributed by atoms with Crippen molar-refractivity contribution in [2.75, 3.05) is 6.61 Å². The Balaban J connectivity index is 2.37. The van der Waals surface area contributed by atoms with Gasteiger partial charge >= 0.3 is 0 Å². The summed E-state index contributed by atoms with van der Waals surface area (Å²) in [6.45, 7) is 2.62. The van der Waals surface area contributed by atoms with Gasteiger partial charge in [0.25, 0.3) is 0 Å². The third-order valence-corrected chi connectivity index (χ3v) is 1.34. The second kappa shape index (κ2) is 1.74. The van der Waals surface area contributed by atoms with Crippen molar-refractivity contribution in [2.24, 2.45) is 11.7 Å². The smallest absolute Gasteiger partial charge is 0.246 e. The first-order valence-corrected chi connectivity index (χ1v) is 2.62. The van der Waals surface area contributed by atoms with Crippen LogP contribution in [0.15, 0.2) is 0 Å². The largest absolute Gasteiger partial charge is 0.368 e. The molecular formula is C5H9NO2. The highest BCUT2D eigenvalue weighted by Gasteiger charge is 2.32. The van der Waals surface area contributed by atoms with Crippen LogP contribution in [0.1, 0.15) is 6.92 Å². The number of hydrogen-bond donors (Lipinski definition) is 1. The maximum absolute atomic E-state index is 10.3. The number of carbonyl (C=O) groups excluding carboxylic acids is 1. The Bertz CT molecular complexity index is 113. The lowest BCUT2D eigenvalue weighted by molar-refractivity contribution is -0.154. The topological polar surface area (TPSA) is 52.3 Å². The summed E-state index contributed by atoms with van der Waals surface area (Å²) in [5, 5.41) is 0. The minimum absolute atomic E-state index is 0.310. The van der Waals surface area contributed by atoms with Gasteiger partial charge in [0.15, 0.2) is 0 Å². The lowest BCUT2D eigenvalue weighted by Gasteiger charge is -2.30. The molecule has 0 aliphatic carbocycles. The van der Waals surface area contributed by atoms with E-state index >= 15 is 0 Å². The van der Waals surface area contributed by atoms with Crippen LogP contribution in [0.4, 0.5) is 0 Å². The van der Waals surface area contributed by atoms with Crippen molar-refractivity contribution >= 4 is 5.91 Å². The standard InChI is InChI=1S/C5H9NO2/c1-3-2-8-4(3)5(6)7/h3-4H,2H2,1H3,(H2,6,7). The highest BCUT2D eigenvalue weighted by atomic mass is 16.5. The minimum Gasteiger partial charge on any atom is -0.368 e. The first-order valence-electron chi connectivity index (χ1n) is 2.62. The van der Waals surface area contributed by atoms with Gasteiger partial charge in [0.05, 0.1) is 6.61 Å². The Hall–Kier alpha value is -0.570. The Kier molecular flexibility index (Phi) is 1.21. The molecule has 0 aromatic carbocycles. The third kappa shape index (κ3) is 0.690. The minimum atomic E-state index is -0.344. The summed E-state index contributed by atoms with van der Waals surface area (Å²) in [6, 6.07) is 0. The number of amides is 1. The van der Waals surface area contributed by atoms with E-state index in [1.807, 2.05) is 6.92 Å². The van der Waals surface area contributed by atoms with Gasteiger partial charge in [0, 0.05) is 5.92 Å². The van der Waals surface area contributed by atoms with Gasteiger partial charge in [-0.3, -0.25) is 4.79 Å². The van der Waals surface area contributed by atoms with Crippen LogP contribution in [0.25, 0.3) is 0 Å². The molecule has 1 saturated heterocycles. The molecule has 1 fully saturated rings. The quantitative estimate of drug-likeness (QED) is 0.501. The van der Waals surface area contributed by atoms with Gasteiger partial charge in [-0.1, -0.05) is 6.92 Å². The molecule has 2 N–H and O–H groups in total. The van der Waals surface area contributed by atoms with E-state index < -0.39 is 0 Å². The van der Waals surface area contributed by atoms with Gasteiger partial charge in [0.2, 0.25) is 5.91 Å². The molecule has 0 bridgehead atoms. The molecule has 1 rings (SSSR count). The van der Waals surface area contributed by atoms with Crippen LogP contribution < -0.4 is 5.73 Å². The zero-order valence-corrected chi connectivity index (χ0v) is 4.76. The third-order valence-electron chi connectivity index (χ3n) is 1.34. The van der Waals surface area contributed by atoms with Crippen molar-refractivity contribution in [3.8, 4) is 0 Å². The molecule has 3 nitrogen and oxygen atoms in total. The monoisotopic (exact) mass is 115 g/mol. The van der Waals surface area contributed by atoms with Gasteiger partial charge in [-0.25, -0.2) is 0 Å². The van der Waals surface area contributed by atoms with Crippen LogP contribution in [0.3, 0.4) is 0 Å². The van der Waals surface area contributed by atoms with Crippen molar-refractivity contribution < 1.29 is 9.53 Å². The molecular weight excluding hydrogens is 106 g/mol. The molecule has 1 heterocycles. The predicted molar refractivity (Wildman–Crippen MR) is 28.1 cm³/mol. The van der Waals surface area contributed by atoms with Gasteiger partial charge in [-0.2, -0.15) is 0 Å². The molecule has 0 saturated carbocycles. The normalized spacial score (nSPS) is 36.1. The van der Waals surface area contributed by atoms with Gasteiger partial charge in [-0.05, 0) is 0 Å². The van der Waals surface area contributed by atoms with Crippen LogP contribution >= 0.6 is 0 Å². The molecule has 46 valence electrons. The van der Waals surface area contributed by atoms with E-state index in [0.29, 0.717) is 12.5 Å². The molecule has 2 atom stereocenters. The molecule has 8 heavy (non-hydrogen) atoms. The maximum atomic E-state index is 10.3. The summed E-state index contributed by atoms with van der Waals surface area (Å²) in [5.41, 5.74) is 4.92. The second-order valence-corrected chi connectivity index (χ2v) is 2.13. The summed E-state index contributed by atoms with van der Waals surface area (Å²) in [4.78, 5) is 10.3. The highest BCUT2D eigenvalue weighted by molar-refractivity contribution is 5.79. The molecule has 0 aromatic rings. The summed E-state index contributed by atoms with van der Waals surface area (Å²) in [6.07, 6.45) is -0.310.